The van der Waals surface area contributed by atoms with E-state index in [1.807, 2.05) is 7.05 Å². The second kappa shape index (κ2) is 6.25. The highest BCUT2D eigenvalue weighted by atomic mass is 19.2. The summed E-state index contributed by atoms with van der Waals surface area (Å²) in [6, 6.07) is 4.06. The Morgan fingerprint density at radius 2 is 1.89 bits per heavy atom. The first-order valence-electron chi connectivity index (χ1n) is 6.16. The number of halogens is 2. The van der Waals surface area contributed by atoms with Gasteiger partial charge in [0, 0.05) is 13.1 Å². The summed E-state index contributed by atoms with van der Waals surface area (Å²) < 4.78 is 25.8. The van der Waals surface area contributed by atoms with Crippen LogP contribution in [0.15, 0.2) is 18.2 Å². The summed E-state index contributed by atoms with van der Waals surface area (Å²) in [5, 5.41) is 0. The van der Waals surface area contributed by atoms with E-state index in [4.69, 9.17) is 5.73 Å². The van der Waals surface area contributed by atoms with Crippen molar-refractivity contribution in [1.82, 2.24) is 4.90 Å². The minimum Gasteiger partial charge on any atom is -0.330 e. The fraction of sp³-hybridized carbons (Fsp3) is 0.571. The van der Waals surface area contributed by atoms with E-state index in [9.17, 15) is 8.78 Å². The van der Waals surface area contributed by atoms with Gasteiger partial charge in [-0.2, -0.15) is 0 Å². The first kappa shape index (κ1) is 15.1. The molecule has 18 heavy (non-hydrogen) atoms. The van der Waals surface area contributed by atoms with Crippen molar-refractivity contribution in [1.29, 1.82) is 0 Å². The van der Waals surface area contributed by atoms with Gasteiger partial charge in [0.25, 0.3) is 0 Å². The molecule has 0 aliphatic carbocycles. The molecule has 0 amide bonds. The third-order valence-electron chi connectivity index (χ3n) is 3.02. The van der Waals surface area contributed by atoms with Gasteiger partial charge in [-0.1, -0.05) is 19.9 Å². The molecule has 0 aliphatic rings. The summed E-state index contributed by atoms with van der Waals surface area (Å²) in [5.74, 6) is -1.58. The van der Waals surface area contributed by atoms with E-state index in [1.54, 1.807) is 6.07 Å². The highest BCUT2D eigenvalue weighted by Gasteiger charge is 2.17. The summed E-state index contributed by atoms with van der Waals surface area (Å²) in [4.78, 5) is 2.16. The molecule has 1 rings (SSSR count). The Morgan fingerprint density at radius 3 is 2.44 bits per heavy atom. The molecule has 0 heterocycles. The van der Waals surface area contributed by atoms with Gasteiger partial charge in [-0.15, -0.1) is 0 Å². The van der Waals surface area contributed by atoms with Gasteiger partial charge >= 0.3 is 0 Å². The molecule has 2 N–H and O–H groups in total. The van der Waals surface area contributed by atoms with Gasteiger partial charge in [0.2, 0.25) is 0 Å². The molecule has 0 saturated carbocycles. The molecule has 102 valence electrons. The first-order valence-corrected chi connectivity index (χ1v) is 6.16. The largest absolute Gasteiger partial charge is 0.330 e. The third kappa shape index (κ3) is 4.70. The van der Waals surface area contributed by atoms with Crippen molar-refractivity contribution in [3.05, 3.63) is 35.4 Å². The Morgan fingerprint density at radius 1 is 1.22 bits per heavy atom. The van der Waals surface area contributed by atoms with E-state index in [0.29, 0.717) is 13.0 Å². The van der Waals surface area contributed by atoms with E-state index in [2.05, 4.69) is 18.7 Å². The predicted octanol–water partition coefficient (Wildman–Crippen LogP) is 2.42. The summed E-state index contributed by atoms with van der Waals surface area (Å²) in [6.07, 6.45) is 0.703. The van der Waals surface area contributed by atoms with Crippen molar-refractivity contribution < 1.29 is 8.78 Å². The van der Waals surface area contributed by atoms with Crippen LogP contribution in [0.1, 0.15) is 19.4 Å². The number of hydrogen-bond acceptors (Lipinski definition) is 2. The molecule has 0 aliphatic heterocycles. The molecule has 0 atom stereocenters. The molecule has 0 fully saturated rings. The van der Waals surface area contributed by atoms with Crippen LogP contribution >= 0.6 is 0 Å². The minimum absolute atomic E-state index is 0.0722. The first-order chi connectivity index (χ1) is 8.34. The SMILES string of the molecule is CN(CCc1ccc(F)c(F)c1)CC(C)(C)CN. The molecule has 0 unspecified atom stereocenters. The number of rotatable bonds is 6. The summed E-state index contributed by atoms with van der Waals surface area (Å²) in [6.45, 7) is 6.53. The van der Waals surface area contributed by atoms with Crippen LogP contribution < -0.4 is 5.73 Å². The van der Waals surface area contributed by atoms with Gasteiger partial charge in [-0.25, -0.2) is 8.78 Å². The smallest absolute Gasteiger partial charge is 0.159 e. The van der Waals surface area contributed by atoms with Crippen molar-refractivity contribution in [2.45, 2.75) is 20.3 Å². The van der Waals surface area contributed by atoms with E-state index >= 15 is 0 Å². The Bertz CT molecular complexity index is 391. The Kier molecular flexibility index (Phi) is 5.23. The van der Waals surface area contributed by atoms with Gasteiger partial charge in [0.1, 0.15) is 0 Å². The Hall–Kier alpha value is -1.00. The molecule has 0 saturated heterocycles. The number of hydrogen-bond donors (Lipinski definition) is 1. The number of nitrogens with two attached hydrogens (primary N) is 1. The normalized spacial score (nSPS) is 12.2. The highest BCUT2D eigenvalue weighted by Crippen LogP contribution is 2.14. The predicted molar refractivity (Wildman–Crippen MR) is 70.4 cm³/mol. The molecular weight excluding hydrogens is 234 g/mol. The lowest BCUT2D eigenvalue weighted by Crippen LogP contribution is -2.37. The number of likely N-dealkylation sites (N-methyl/N-ethyl adjacent to an activating group) is 1. The molecule has 1 aromatic rings. The fourth-order valence-corrected chi connectivity index (χ4v) is 1.89. The van der Waals surface area contributed by atoms with Gasteiger partial charge in [-0.05, 0) is 43.1 Å². The van der Waals surface area contributed by atoms with Crippen LogP contribution in [0.25, 0.3) is 0 Å². The number of nitrogens with zero attached hydrogens (tertiary/aromatic N) is 1. The summed E-state index contributed by atoms with van der Waals surface area (Å²) in [5.41, 5.74) is 6.56. The van der Waals surface area contributed by atoms with Gasteiger partial charge < -0.3 is 10.6 Å². The van der Waals surface area contributed by atoms with Crippen molar-refractivity contribution in [3.8, 4) is 0 Å². The van der Waals surface area contributed by atoms with E-state index < -0.39 is 11.6 Å². The van der Waals surface area contributed by atoms with Gasteiger partial charge in [0.15, 0.2) is 11.6 Å². The van der Waals surface area contributed by atoms with Crippen molar-refractivity contribution in [3.63, 3.8) is 0 Å². The van der Waals surface area contributed by atoms with Crippen molar-refractivity contribution in [2.75, 3.05) is 26.7 Å². The maximum absolute atomic E-state index is 13.0. The van der Waals surface area contributed by atoms with E-state index in [1.165, 1.54) is 12.1 Å². The zero-order valence-corrected chi connectivity index (χ0v) is 11.3. The highest BCUT2D eigenvalue weighted by molar-refractivity contribution is 5.18. The van der Waals surface area contributed by atoms with Crippen LogP contribution in [-0.4, -0.2) is 31.6 Å². The minimum atomic E-state index is -0.795. The van der Waals surface area contributed by atoms with Crippen LogP contribution in [0.5, 0.6) is 0 Å². The quantitative estimate of drug-likeness (QED) is 0.847. The molecule has 1 aromatic carbocycles. The van der Waals surface area contributed by atoms with Crippen LogP contribution in [0.4, 0.5) is 8.78 Å². The molecule has 0 spiro atoms. The molecule has 4 heteroatoms. The second-order valence-electron chi connectivity index (χ2n) is 5.60. The molecular formula is C14H22F2N2. The second-order valence-corrected chi connectivity index (χ2v) is 5.60. The standard InChI is InChI=1S/C14H22F2N2/c1-14(2,9-17)10-18(3)7-6-11-4-5-12(15)13(16)8-11/h4-5,8H,6-7,9-10,17H2,1-3H3. The topological polar surface area (TPSA) is 29.3 Å². The van der Waals surface area contributed by atoms with E-state index in [0.717, 1.165) is 18.7 Å². The van der Waals surface area contributed by atoms with E-state index in [-0.39, 0.29) is 5.41 Å². The average Bonchev–Trinajstić information content (AvgIpc) is 2.30. The molecule has 0 aromatic heterocycles. The van der Waals surface area contributed by atoms with Crippen molar-refractivity contribution >= 4 is 0 Å². The lowest BCUT2D eigenvalue weighted by Gasteiger charge is -2.29. The molecule has 0 bridgehead atoms. The molecule has 0 radical (unpaired) electrons. The maximum atomic E-state index is 13.0. The zero-order chi connectivity index (χ0) is 13.8. The Balaban J connectivity index is 2.47. The Labute approximate surface area is 108 Å². The summed E-state index contributed by atoms with van der Waals surface area (Å²) >= 11 is 0. The zero-order valence-electron chi connectivity index (χ0n) is 11.3. The van der Waals surface area contributed by atoms with Crippen LogP contribution in [-0.2, 0) is 6.42 Å². The van der Waals surface area contributed by atoms with Crippen LogP contribution in [0.2, 0.25) is 0 Å². The van der Waals surface area contributed by atoms with Crippen LogP contribution in [0, 0.1) is 17.0 Å². The lowest BCUT2D eigenvalue weighted by atomic mass is 9.93. The molecule has 2 nitrogen and oxygen atoms in total. The average molecular weight is 256 g/mol. The van der Waals surface area contributed by atoms with Crippen LogP contribution in [0.3, 0.4) is 0 Å². The monoisotopic (exact) mass is 256 g/mol. The maximum Gasteiger partial charge on any atom is 0.159 e. The number of benzene rings is 1. The summed E-state index contributed by atoms with van der Waals surface area (Å²) in [7, 11) is 2.01. The van der Waals surface area contributed by atoms with Gasteiger partial charge in [0.05, 0.1) is 0 Å². The third-order valence-corrected chi connectivity index (χ3v) is 3.02. The fourth-order valence-electron chi connectivity index (χ4n) is 1.89. The van der Waals surface area contributed by atoms with Crippen molar-refractivity contribution in [2.24, 2.45) is 11.1 Å². The van der Waals surface area contributed by atoms with Gasteiger partial charge in [-0.3, -0.25) is 0 Å². The lowest BCUT2D eigenvalue weighted by molar-refractivity contribution is 0.217.